The van der Waals surface area contributed by atoms with Gasteiger partial charge in [-0.3, -0.25) is 10.1 Å². The minimum absolute atomic E-state index is 0.160. The first-order valence-electron chi connectivity index (χ1n) is 10.3. The Hall–Kier alpha value is -1.62. The highest BCUT2D eigenvalue weighted by atomic mass is 32.1. The Bertz CT molecular complexity index is 673. The summed E-state index contributed by atoms with van der Waals surface area (Å²) in [7, 11) is 0. The Morgan fingerprint density at radius 3 is 2.22 bits per heavy atom. The number of rotatable bonds is 5. The number of nitrogens with one attached hydrogen (secondary N) is 2. The van der Waals surface area contributed by atoms with Crippen LogP contribution in [0, 0.1) is 29.6 Å². The lowest BCUT2D eigenvalue weighted by atomic mass is 9.54. The highest BCUT2D eigenvalue weighted by Gasteiger charge is 2.48. The van der Waals surface area contributed by atoms with E-state index < -0.39 is 0 Å². The monoisotopic (exact) mass is 386 g/mol. The molecule has 2 N–H and O–H groups in total. The van der Waals surface area contributed by atoms with Gasteiger partial charge in [0.05, 0.1) is 6.61 Å². The molecule has 0 radical (unpaired) electrons. The molecule has 1 amide bonds. The minimum Gasteiger partial charge on any atom is -0.493 e. The standard InChI is InChI=1S/C22H30N2O2S/c1-13(2)12-26-19-5-3-16(4-6-19)21(25)24-22(27)23-20-17-8-14-7-15(10-17)11-18(20)9-14/h3-6,13-15,17-18,20H,7-12H2,1-2H3,(H2,23,24,25,27). The largest absolute Gasteiger partial charge is 0.493 e. The number of ether oxygens (including phenoxy) is 1. The first-order valence-corrected chi connectivity index (χ1v) is 10.7. The summed E-state index contributed by atoms with van der Waals surface area (Å²) in [6, 6.07) is 7.70. The lowest BCUT2D eigenvalue weighted by Gasteiger charge is -2.54. The second kappa shape index (κ2) is 7.78. The molecular weight excluding hydrogens is 356 g/mol. The maximum atomic E-state index is 12.5. The van der Waals surface area contributed by atoms with E-state index in [1.165, 1.54) is 32.1 Å². The third-order valence-electron chi connectivity index (χ3n) is 6.45. The van der Waals surface area contributed by atoms with Crippen LogP contribution in [0.2, 0.25) is 0 Å². The summed E-state index contributed by atoms with van der Waals surface area (Å²) in [5, 5.41) is 6.82. The van der Waals surface area contributed by atoms with Gasteiger partial charge in [-0.2, -0.15) is 0 Å². The van der Waals surface area contributed by atoms with Crippen LogP contribution >= 0.6 is 12.2 Å². The van der Waals surface area contributed by atoms with Crippen molar-refractivity contribution in [1.29, 1.82) is 0 Å². The van der Waals surface area contributed by atoms with Crippen LogP contribution in [-0.4, -0.2) is 23.7 Å². The van der Waals surface area contributed by atoms with Crippen molar-refractivity contribution in [3.05, 3.63) is 29.8 Å². The van der Waals surface area contributed by atoms with Gasteiger partial charge < -0.3 is 10.1 Å². The molecule has 0 spiro atoms. The summed E-state index contributed by atoms with van der Waals surface area (Å²) in [5.74, 6) is 4.43. The summed E-state index contributed by atoms with van der Waals surface area (Å²) in [6.07, 6.45) is 6.77. The van der Waals surface area contributed by atoms with Gasteiger partial charge in [0.15, 0.2) is 5.11 Å². The number of thiocarbonyl (C=S) groups is 1. The van der Waals surface area contributed by atoms with Gasteiger partial charge in [-0.15, -0.1) is 0 Å². The number of hydrogen-bond acceptors (Lipinski definition) is 3. The quantitative estimate of drug-likeness (QED) is 0.747. The van der Waals surface area contributed by atoms with E-state index in [1.54, 1.807) is 12.1 Å². The molecule has 1 aromatic rings. The molecule has 4 fully saturated rings. The fourth-order valence-electron chi connectivity index (χ4n) is 5.49. The van der Waals surface area contributed by atoms with Gasteiger partial charge in [-0.05, 0) is 98.2 Å². The maximum absolute atomic E-state index is 12.5. The second-order valence-corrected chi connectivity index (χ2v) is 9.52. The van der Waals surface area contributed by atoms with Crippen LogP contribution in [0.4, 0.5) is 0 Å². The van der Waals surface area contributed by atoms with E-state index in [9.17, 15) is 4.79 Å². The van der Waals surface area contributed by atoms with E-state index in [2.05, 4.69) is 24.5 Å². The molecule has 146 valence electrons. The molecule has 4 nitrogen and oxygen atoms in total. The molecule has 0 aliphatic heterocycles. The molecule has 0 atom stereocenters. The Kier molecular flexibility index (Phi) is 5.40. The van der Waals surface area contributed by atoms with Gasteiger partial charge >= 0.3 is 0 Å². The molecule has 4 aliphatic carbocycles. The predicted molar refractivity (Wildman–Crippen MR) is 111 cm³/mol. The normalized spacial score (nSPS) is 31.0. The van der Waals surface area contributed by atoms with Crippen LogP contribution in [0.5, 0.6) is 5.75 Å². The SMILES string of the molecule is CC(C)COc1ccc(C(=O)NC(=S)NC2C3CC4CC(C3)CC2C4)cc1. The van der Waals surface area contributed by atoms with E-state index in [-0.39, 0.29) is 5.91 Å². The van der Waals surface area contributed by atoms with E-state index >= 15 is 0 Å². The number of amides is 1. The summed E-state index contributed by atoms with van der Waals surface area (Å²) in [6.45, 7) is 4.89. The van der Waals surface area contributed by atoms with Gasteiger partial charge in [0.25, 0.3) is 5.91 Å². The molecule has 4 saturated carbocycles. The van der Waals surface area contributed by atoms with Crippen molar-refractivity contribution in [1.82, 2.24) is 10.6 Å². The fourth-order valence-corrected chi connectivity index (χ4v) is 5.72. The third kappa shape index (κ3) is 4.29. The van der Waals surface area contributed by atoms with Crippen LogP contribution in [0.1, 0.15) is 56.3 Å². The zero-order chi connectivity index (χ0) is 19.0. The molecule has 5 heteroatoms. The minimum atomic E-state index is -0.160. The van der Waals surface area contributed by atoms with E-state index in [0.717, 1.165) is 29.4 Å². The molecule has 0 unspecified atom stereocenters. The average molecular weight is 387 g/mol. The van der Waals surface area contributed by atoms with Gasteiger partial charge in [-0.25, -0.2) is 0 Å². The van der Waals surface area contributed by atoms with Crippen molar-refractivity contribution < 1.29 is 9.53 Å². The van der Waals surface area contributed by atoms with Crippen LogP contribution in [0.15, 0.2) is 24.3 Å². The smallest absolute Gasteiger partial charge is 0.257 e. The third-order valence-corrected chi connectivity index (χ3v) is 6.67. The topological polar surface area (TPSA) is 50.4 Å². The molecule has 0 saturated heterocycles. The Morgan fingerprint density at radius 1 is 1.07 bits per heavy atom. The van der Waals surface area contributed by atoms with Crippen molar-refractivity contribution >= 4 is 23.2 Å². The summed E-state index contributed by atoms with van der Waals surface area (Å²) in [4.78, 5) is 12.5. The maximum Gasteiger partial charge on any atom is 0.257 e. The summed E-state index contributed by atoms with van der Waals surface area (Å²) < 4.78 is 5.67. The van der Waals surface area contributed by atoms with Crippen molar-refractivity contribution in [2.24, 2.45) is 29.6 Å². The molecule has 5 rings (SSSR count). The molecule has 27 heavy (non-hydrogen) atoms. The van der Waals surface area contributed by atoms with Crippen LogP contribution in [0.25, 0.3) is 0 Å². The second-order valence-electron chi connectivity index (χ2n) is 9.11. The van der Waals surface area contributed by atoms with Crippen molar-refractivity contribution in [2.45, 2.75) is 52.0 Å². The molecule has 1 aromatic carbocycles. The molecule has 0 heterocycles. The lowest BCUT2D eigenvalue weighted by Crippen LogP contribution is -2.57. The van der Waals surface area contributed by atoms with Gasteiger partial charge in [0, 0.05) is 11.6 Å². The Balaban J connectivity index is 1.30. The lowest BCUT2D eigenvalue weighted by molar-refractivity contribution is -0.00692. The van der Waals surface area contributed by atoms with Crippen LogP contribution in [-0.2, 0) is 0 Å². The predicted octanol–water partition coefficient (Wildman–Crippen LogP) is 4.15. The molecular formula is C22H30N2O2S. The van der Waals surface area contributed by atoms with Crippen molar-refractivity contribution in [3.8, 4) is 5.75 Å². The Morgan fingerprint density at radius 2 is 1.67 bits per heavy atom. The highest BCUT2D eigenvalue weighted by Crippen LogP contribution is 2.53. The molecule has 4 bridgehead atoms. The first kappa shape index (κ1) is 18.7. The summed E-state index contributed by atoms with van der Waals surface area (Å²) >= 11 is 5.46. The van der Waals surface area contributed by atoms with Gasteiger partial charge in [-0.1, -0.05) is 13.8 Å². The highest BCUT2D eigenvalue weighted by molar-refractivity contribution is 7.80. The molecule has 0 aromatic heterocycles. The summed E-state index contributed by atoms with van der Waals surface area (Å²) in [5.41, 5.74) is 0.598. The number of hydrogen-bond donors (Lipinski definition) is 2. The Labute approximate surface area is 167 Å². The zero-order valence-corrected chi connectivity index (χ0v) is 17.1. The fraction of sp³-hybridized carbons (Fsp3) is 0.636. The van der Waals surface area contributed by atoms with Crippen molar-refractivity contribution in [3.63, 3.8) is 0 Å². The van der Waals surface area contributed by atoms with Crippen LogP contribution < -0.4 is 15.4 Å². The molecule has 4 aliphatic rings. The number of benzene rings is 1. The van der Waals surface area contributed by atoms with Crippen molar-refractivity contribution in [2.75, 3.05) is 6.61 Å². The van der Waals surface area contributed by atoms with E-state index in [0.29, 0.717) is 29.2 Å². The van der Waals surface area contributed by atoms with Gasteiger partial charge in [0.2, 0.25) is 0 Å². The van der Waals surface area contributed by atoms with E-state index in [4.69, 9.17) is 17.0 Å². The van der Waals surface area contributed by atoms with Crippen LogP contribution in [0.3, 0.4) is 0 Å². The number of carbonyl (C=O) groups excluding carboxylic acids is 1. The average Bonchev–Trinajstić information content (AvgIpc) is 2.62. The first-order chi connectivity index (χ1) is 13.0. The number of carbonyl (C=O) groups is 1. The van der Waals surface area contributed by atoms with E-state index in [1.807, 2.05) is 12.1 Å². The van der Waals surface area contributed by atoms with Gasteiger partial charge in [0.1, 0.15) is 5.75 Å². The zero-order valence-electron chi connectivity index (χ0n) is 16.2.